The molecule has 26 heavy (non-hydrogen) atoms. The first kappa shape index (κ1) is 17.8. The van der Waals surface area contributed by atoms with E-state index in [1.54, 1.807) is 30.9 Å². The van der Waals surface area contributed by atoms with Gasteiger partial charge in [-0.25, -0.2) is 4.98 Å². The zero-order valence-corrected chi connectivity index (χ0v) is 15.2. The van der Waals surface area contributed by atoms with Crippen molar-refractivity contribution in [1.82, 2.24) is 9.55 Å². The van der Waals surface area contributed by atoms with Crippen LogP contribution in [0.25, 0.3) is 10.9 Å². The summed E-state index contributed by atoms with van der Waals surface area (Å²) >= 11 is 0. The predicted molar refractivity (Wildman–Crippen MR) is 100 cm³/mol. The maximum atomic E-state index is 13.0. The molecule has 0 saturated carbocycles. The number of aryl methyl sites for hydroxylation is 1. The van der Waals surface area contributed by atoms with Gasteiger partial charge in [0.1, 0.15) is 18.2 Å². The van der Waals surface area contributed by atoms with Gasteiger partial charge in [-0.15, -0.1) is 0 Å². The normalized spacial score (nSPS) is 10.7. The quantitative estimate of drug-likeness (QED) is 0.652. The molecule has 6 nitrogen and oxygen atoms in total. The Kier molecular flexibility index (Phi) is 5.41. The molecule has 0 atom stereocenters. The molecule has 0 N–H and O–H groups in total. The lowest BCUT2D eigenvalue weighted by Crippen LogP contribution is -2.27. The van der Waals surface area contributed by atoms with Crippen molar-refractivity contribution in [2.75, 3.05) is 20.8 Å². The van der Waals surface area contributed by atoms with Crippen LogP contribution in [-0.2, 0) is 13.0 Å². The van der Waals surface area contributed by atoms with Crippen LogP contribution in [-0.4, -0.2) is 30.4 Å². The maximum Gasteiger partial charge on any atom is 0.261 e. The van der Waals surface area contributed by atoms with Gasteiger partial charge >= 0.3 is 0 Å². The fraction of sp³-hybridized carbons (Fsp3) is 0.300. The minimum atomic E-state index is -0.107. The molecule has 0 fully saturated rings. The highest BCUT2D eigenvalue weighted by Gasteiger charge is 2.14. The minimum absolute atomic E-state index is 0.107. The van der Waals surface area contributed by atoms with E-state index in [9.17, 15) is 4.79 Å². The number of aromatic nitrogens is 2. The Morgan fingerprint density at radius 2 is 1.73 bits per heavy atom. The van der Waals surface area contributed by atoms with Crippen LogP contribution in [0.1, 0.15) is 12.7 Å². The van der Waals surface area contributed by atoms with E-state index in [2.05, 4.69) is 4.98 Å². The third kappa shape index (κ3) is 3.49. The topological polar surface area (TPSA) is 62.6 Å². The van der Waals surface area contributed by atoms with E-state index < -0.39 is 0 Å². The van der Waals surface area contributed by atoms with Gasteiger partial charge in [-0.05, 0) is 18.2 Å². The summed E-state index contributed by atoms with van der Waals surface area (Å²) in [4.78, 5) is 17.6. The molecule has 0 aliphatic rings. The molecule has 1 heterocycles. The van der Waals surface area contributed by atoms with Crippen LogP contribution in [0, 0.1) is 0 Å². The van der Waals surface area contributed by atoms with Crippen molar-refractivity contribution in [2.45, 2.75) is 19.9 Å². The summed E-state index contributed by atoms with van der Waals surface area (Å²) in [5.41, 5.74) is 0.495. The third-order valence-corrected chi connectivity index (χ3v) is 4.18. The van der Waals surface area contributed by atoms with E-state index in [0.717, 1.165) is 5.75 Å². The summed E-state index contributed by atoms with van der Waals surface area (Å²) in [5.74, 6) is 2.56. The molecule has 0 aliphatic heterocycles. The van der Waals surface area contributed by atoms with Crippen molar-refractivity contribution in [3.05, 3.63) is 58.6 Å². The molecule has 136 valence electrons. The van der Waals surface area contributed by atoms with Crippen molar-refractivity contribution < 1.29 is 14.2 Å². The van der Waals surface area contributed by atoms with Crippen LogP contribution < -0.4 is 19.8 Å². The lowest BCUT2D eigenvalue weighted by molar-refractivity contribution is 0.294. The second-order valence-corrected chi connectivity index (χ2v) is 5.72. The molecule has 0 amide bonds. The van der Waals surface area contributed by atoms with Crippen LogP contribution in [0.4, 0.5) is 0 Å². The lowest BCUT2D eigenvalue weighted by atomic mass is 10.2. The molecule has 3 rings (SSSR count). The zero-order chi connectivity index (χ0) is 18.5. The highest BCUT2D eigenvalue weighted by Crippen LogP contribution is 2.30. The van der Waals surface area contributed by atoms with Gasteiger partial charge in [0, 0.05) is 12.5 Å². The summed E-state index contributed by atoms with van der Waals surface area (Å²) in [6, 6.07) is 12.9. The molecule has 0 unspecified atom stereocenters. The van der Waals surface area contributed by atoms with E-state index >= 15 is 0 Å². The lowest BCUT2D eigenvalue weighted by Gasteiger charge is -2.14. The fourth-order valence-corrected chi connectivity index (χ4v) is 2.87. The van der Waals surface area contributed by atoms with Crippen LogP contribution in [0.2, 0.25) is 0 Å². The SMILES string of the molecule is CCc1nc2cc(OC)c(OC)cc2c(=O)n1CCOc1ccccc1. The highest BCUT2D eigenvalue weighted by atomic mass is 16.5. The number of hydrogen-bond acceptors (Lipinski definition) is 5. The van der Waals surface area contributed by atoms with Crippen molar-refractivity contribution in [3.63, 3.8) is 0 Å². The van der Waals surface area contributed by atoms with Gasteiger partial charge in [0.15, 0.2) is 11.5 Å². The van der Waals surface area contributed by atoms with E-state index in [1.807, 2.05) is 37.3 Å². The van der Waals surface area contributed by atoms with E-state index in [4.69, 9.17) is 14.2 Å². The monoisotopic (exact) mass is 354 g/mol. The largest absolute Gasteiger partial charge is 0.493 e. The van der Waals surface area contributed by atoms with E-state index in [0.29, 0.717) is 47.8 Å². The number of fused-ring (bicyclic) bond motifs is 1. The number of hydrogen-bond donors (Lipinski definition) is 0. The standard InChI is InChI=1S/C20H22N2O4/c1-4-19-21-16-13-18(25-3)17(24-2)12-15(16)20(23)22(19)10-11-26-14-8-6-5-7-9-14/h5-9,12-13H,4,10-11H2,1-3H3. The molecule has 1 aromatic heterocycles. The van der Waals surface area contributed by atoms with Gasteiger partial charge in [-0.1, -0.05) is 25.1 Å². The molecule has 6 heteroatoms. The average molecular weight is 354 g/mol. The van der Waals surface area contributed by atoms with E-state index in [-0.39, 0.29) is 5.56 Å². The Morgan fingerprint density at radius 3 is 2.38 bits per heavy atom. The molecule has 0 aliphatic carbocycles. The van der Waals surface area contributed by atoms with Crippen LogP contribution in [0.3, 0.4) is 0 Å². The fourth-order valence-electron chi connectivity index (χ4n) is 2.87. The number of ether oxygens (including phenoxy) is 3. The predicted octanol–water partition coefficient (Wildman–Crippen LogP) is 3.06. The summed E-state index contributed by atoms with van der Waals surface area (Å²) < 4.78 is 18.0. The molecule has 0 bridgehead atoms. The smallest absolute Gasteiger partial charge is 0.261 e. The Morgan fingerprint density at radius 1 is 1.04 bits per heavy atom. The second-order valence-electron chi connectivity index (χ2n) is 5.72. The Hall–Kier alpha value is -3.02. The molecule has 0 spiro atoms. The molecular weight excluding hydrogens is 332 g/mol. The minimum Gasteiger partial charge on any atom is -0.493 e. The van der Waals surface area contributed by atoms with Gasteiger partial charge in [-0.3, -0.25) is 9.36 Å². The van der Waals surface area contributed by atoms with Crippen LogP contribution in [0.5, 0.6) is 17.2 Å². The maximum absolute atomic E-state index is 13.0. The zero-order valence-electron chi connectivity index (χ0n) is 15.2. The highest BCUT2D eigenvalue weighted by molar-refractivity contribution is 5.82. The summed E-state index contributed by atoms with van der Waals surface area (Å²) in [7, 11) is 3.11. The van der Waals surface area contributed by atoms with Crippen LogP contribution >= 0.6 is 0 Å². The number of methoxy groups -OCH3 is 2. The molecular formula is C20H22N2O4. The number of benzene rings is 2. The summed E-state index contributed by atoms with van der Waals surface area (Å²) in [6.07, 6.45) is 0.644. The third-order valence-electron chi connectivity index (χ3n) is 4.18. The molecule has 0 radical (unpaired) electrons. The molecule has 3 aromatic rings. The van der Waals surface area contributed by atoms with Crippen molar-refractivity contribution in [2.24, 2.45) is 0 Å². The first-order chi connectivity index (χ1) is 12.7. The Bertz CT molecular complexity index is 951. The molecule has 2 aromatic carbocycles. The van der Waals surface area contributed by atoms with Gasteiger partial charge < -0.3 is 14.2 Å². The van der Waals surface area contributed by atoms with Gasteiger partial charge in [0.05, 0.1) is 31.7 Å². The number of rotatable bonds is 7. The van der Waals surface area contributed by atoms with Gasteiger partial charge in [0.25, 0.3) is 5.56 Å². The van der Waals surface area contributed by atoms with Gasteiger partial charge in [-0.2, -0.15) is 0 Å². The summed E-state index contributed by atoms with van der Waals surface area (Å²) in [6.45, 7) is 2.79. The number of para-hydroxylation sites is 1. The Balaban J connectivity index is 1.96. The van der Waals surface area contributed by atoms with Gasteiger partial charge in [0.2, 0.25) is 0 Å². The summed E-state index contributed by atoms with van der Waals surface area (Å²) in [5, 5.41) is 0.500. The van der Waals surface area contributed by atoms with Crippen molar-refractivity contribution >= 4 is 10.9 Å². The number of nitrogens with zero attached hydrogens (tertiary/aromatic N) is 2. The van der Waals surface area contributed by atoms with Crippen molar-refractivity contribution in [1.29, 1.82) is 0 Å². The van der Waals surface area contributed by atoms with E-state index in [1.165, 1.54) is 0 Å². The first-order valence-corrected chi connectivity index (χ1v) is 8.51. The Labute approximate surface area is 152 Å². The van der Waals surface area contributed by atoms with Crippen LogP contribution in [0.15, 0.2) is 47.3 Å². The molecule has 0 saturated heterocycles. The second kappa shape index (κ2) is 7.91. The van der Waals surface area contributed by atoms with Crippen molar-refractivity contribution in [3.8, 4) is 17.2 Å². The first-order valence-electron chi connectivity index (χ1n) is 8.51. The average Bonchev–Trinajstić information content (AvgIpc) is 2.69.